The molecule has 4 nitrogen and oxygen atoms in total. The van der Waals surface area contributed by atoms with E-state index in [1.54, 1.807) is 12.5 Å². The molecule has 2 aromatic rings. The van der Waals surface area contributed by atoms with Gasteiger partial charge in [0.05, 0.1) is 6.26 Å². The second-order valence-corrected chi connectivity index (χ2v) is 4.02. The lowest BCUT2D eigenvalue weighted by Crippen LogP contribution is -2.22. The Bertz CT molecular complexity index is 506. The van der Waals surface area contributed by atoms with Crippen molar-refractivity contribution in [3.05, 3.63) is 42.3 Å². The molecule has 0 atom stereocenters. The van der Waals surface area contributed by atoms with Crippen LogP contribution in [-0.2, 0) is 11.3 Å². The first kappa shape index (κ1) is 12.4. The number of rotatable bonds is 5. The number of pyridine rings is 1. The molecule has 0 unspecified atom stereocenters. The van der Waals surface area contributed by atoms with Crippen molar-refractivity contribution in [2.24, 2.45) is 0 Å². The summed E-state index contributed by atoms with van der Waals surface area (Å²) in [4.78, 5) is 15.8. The molecule has 0 aromatic carbocycles. The first-order valence-corrected chi connectivity index (χ1v) is 6.05. The molecule has 2 heterocycles. The summed E-state index contributed by atoms with van der Waals surface area (Å²) in [6, 6.07) is 7.48. The topological polar surface area (TPSA) is 55.1 Å². The zero-order chi connectivity index (χ0) is 12.8. The van der Waals surface area contributed by atoms with Gasteiger partial charge in [0.1, 0.15) is 5.69 Å². The molecular formula is C14H16N2O2. The molecule has 0 saturated heterocycles. The number of aromatic nitrogens is 1. The van der Waals surface area contributed by atoms with Crippen molar-refractivity contribution in [2.75, 3.05) is 0 Å². The second kappa shape index (κ2) is 6.00. The highest BCUT2D eigenvalue weighted by Crippen LogP contribution is 2.21. The minimum absolute atomic E-state index is 0.0618. The maximum absolute atomic E-state index is 11.5. The van der Waals surface area contributed by atoms with Crippen molar-refractivity contribution < 1.29 is 9.21 Å². The Balaban J connectivity index is 2.11. The Morgan fingerprint density at radius 2 is 2.28 bits per heavy atom. The summed E-state index contributed by atoms with van der Waals surface area (Å²) >= 11 is 0. The van der Waals surface area contributed by atoms with Crippen LogP contribution in [0.3, 0.4) is 0 Å². The van der Waals surface area contributed by atoms with Crippen molar-refractivity contribution in [1.82, 2.24) is 10.3 Å². The third-order valence-corrected chi connectivity index (χ3v) is 2.60. The van der Waals surface area contributed by atoms with E-state index in [1.165, 1.54) is 0 Å². The first-order chi connectivity index (χ1) is 8.81. The van der Waals surface area contributed by atoms with Gasteiger partial charge in [0, 0.05) is 24.7 Å². The van der Waals surface area contributed by atoms with Crippen LogP contribution in [0.5, 0.6) is 0 Å². The van der Waals surface area contributed by atoms with Gasteiger partial charge in [0.15, 0.2) is 5.76 Å². The summed E-state index contributed by atoms with van der Waals surface area (Å²) in [6.45, 7) is 2.46. The normalized spacial score (nSPS) is 10.3. The van der Waals surface area contributed by atoms with Crippen LogP contribution < -0.4 is 5.32 Å². The molecule has 0 spiro atoms. The van der Waals surface area contributed by atoms with E-state index in [1.807, 2.05) is 31.2 Å². The van der Waals surface area contributed by atoms with E-state index in [4.69, 9.17) is 4.42 Å². The number of nitrogens with zero attached hydrogens (tertiary/aromatic N) is 1. The summed E-state index contributed by atoms with van der Waals surface area (Å²) in [5.41, 5.74) is 1.73. The van der Waals surface area contributed by atoms with Crippen LogP contribution in [0, 0.1) is 0 Å². The molecule has 0 radical (unpaired) electrons. The summed E-state index contributed by atoms with van der Waals surface area (Å²) in [7, 11) is 0. The van der Waals surface area contributed by atoms with Crippen LogP contribution >= 0.6 is 0 Å². The lowest BCUT2D eigenvalue weighted by Gasteiger charge is -2.07. The van der Waals surface area contributed by atoms with E-state index in [-0.39, 0.29) is 5.91 Å². The van der Waals surface area contributed by atoms with Gasteiger partial charge in [-0.3, -0.25) is 9.78 Å². The molecule has 0 aliphatic heterocycles. The second-order valence-electron chi connectivity index (χ2n) is 4.02. The SMILES string of the molecule is CCCC(=O)NCc1cccnc1-c1ccco1. The first-order valence-electron chi connectivity index (χ1n) is 6.05. The summed E-state index contributed by atoms with van der Waals surface area (Å²) in [6.07, 6.45) is 4.74. The van der Waals surface area contributed by atoms with Gasteiger partial charge in [0.25, 0.3) is 0 Å². The third kappa shape index (κ3) is 2.97. The van der Waals surface area contributed by atoms with Gasteiger partial charge in [-0.05, 0) is 24.6 Å². The number of hydrogen-bond acceptors (Lipinski definition) is 3. The molecule has 2 rings (SSSR count). The number of hydrogen-bond donors (Lipinski definition) is 1. The number of furan rings is 1. The van der Waals surface area contributed by atoms with Crippen molar-refractivity contribution in [2.45, 2.75) is 26.3 Å². The van der Waals surface area contributed by atoms with Gasteiger partial charge in [-0.15, -0.1) is 0 Å². The van der Waals surface area contributed by atoms with Crippen LogP contribution in [0.2, 0.25) is 0 Å². The lowest BCUT2D eigenvalue weighted by molar-refractivity contribution is -0.121. The summed E-state index contributed by atoms with van der Waals surface area (Å²) in [5.74, 6) is 0.780. The molecule has 0 saturated carbocycles. The van der Waals surface area contributed by atoms with Gasteiger partial charge in [-0.1, -0.05) is 13.0 Å². The maximum atomic E-state index is 11.5. The number of amides is 1. The molecule has 1 amide bonds. The highest BCUT2D eigenvalue weighted by Gasteiger charge is 2.09. The average molecular weight is 244 g/mol. The van der Waals surface area contributed by atoms with Crippen LogP contribution in [0.15, 0.2) is 41.1 Å². The zero-order valence-corrected chi connectivity index (χ0v) is 10.3. The Morgan fingerprint density at radius 3 is 3.00 bits per heavy atom. The zero-order valence-electron chi connectivity index (χ0n) is 10.3. The molecule has 1 N–H and O–H groups in total. The van der Waals surface area contributed by atoms with E-state index in [0.717, 1.165) is 23.4 Å². The fourth-order valence-electron chi connectivity index (χ4n) is 1.73. The maximum Gasteiger partial charge on any atom is 0.220 e. The van der Waals surface area contributed by atoms with E-state index < -0.39 is 0 Å². The summed E-state index contributed by atoms with van der Waals surface area (Å²) < 4.78 is 5.34. The minimum atomic E-state index is 0.0618. The van der Waals surface area contributed by atoms with E-state index in [0.29, 0.717) is 13.0 Å². The average Bonchev–Trinajstić information content (AvgIpc) is 2.91. The Morgan fingerprint density at radius 1 is 1.39 bits per heavy atom. The Hall–Kier alpha value is -2.10. The molecule has 18 heavy (non-hydrogen) atoms. The fraction of sp³-hybridized carbons (Fsp3) is 0.286. The van der Waals surface area contributed by atoms with E-state index in [9.17, 15) is 4.79 Å². The van der Waals surface area contributed by atoms with Gasteiger partial charge in [-0.2, -0.15) is 0 Å². The van der Waals surface area contributed by atoms with Gasteiger partial charge in [0.2, 0.25) is 5.91 Å². The van der Waals surface area contributed by atoms with Crippen molar-refractivity contribution >= 4 is 5.91 Å². The molecule has 0 aliphatic carbocycles. The number of nitrogens with one attached hydrogen (secondary N) is 1. The summed E-state index contributed by atoms with van der Waals surface area (Å²) in [5, 5.41) is 2.88. The highest BCUT2D eigenvalue weighted by molar-refractivity contribution is 5.76. The largest absolute Gasteiger partial charge is 0.463 e. The van der Waals surface area contributed by atoms with Gasteiger partial charge in [-0.25, -0.2) is 0 Å². The molecule has 0 fully saturated rings. The molecular weight excluding hydrogens is 228 g/mol. The highest BCUT2D eigenvalue weighted by atomic mass is 16.3. The standard InChI is InChI=1S/C14H16N2O2/c1-2-5-13(17)16-10-11-6-3-8-15-14(11)12-7-4-9-18-12/h3-4,6-9H,2,5,10H2,1H3,(H,16,17). The minimum Gasteiger partial charge on any atom is -0.463 e. The van der Waals surface area contributed by atoms with Crippen LogP contribution in [0.1, 0.15) is 25.3 Å². The molecule has 94 valence electrons. The molecule has 0 aliphatic rings. The fourth-order valence-corrected chi connectivity index (χ4v) is 1.73. The monoisotopic (exact) mass is 244 g/mol. The number of carbonyl (C=O) groups is 1. The van der Waals surface area contributed by atoms with E-state index in [2.05, 4.69) is 10.3 Å². The van der Waals surface area contributed by atoms with Crippen molar-refractivity contribution in [1.29, 1.82) is 0 Å². The van der Waals surface area contributed by atoms with Crippen molar-refractivity contribution in [3.63, 3.8) is 0 Å². The number of carbonyl (C=O) groups excluding carboxylic acids is 1. The third-order valence-electron chi connectivity index (χ3n) is 2.60. The molecule has 4 heteroatoms. The predicted molar refractivity (Wildman–Crippen MR) is 68.7 cm³/mol. The molecule has 2 aromatic heterocycles. The van der Waals surface area contributed by atoms with Gasteiger partial charge < -0.3 is 9.73 Å². The Kier molecular flexibility index (Phi) is 4.12. The Labute approximate surface area is 106 Å². The van der Waals surface area contributed by atoms with Crippen LogP contribution in [0.25, 0.3) is 11.5 Å². The van der Waals surface area contributed by atoms with Crippen LogP contribution in [-0.4, -0.2) is 10.9 Å². The lowest BCUT2D eigenvalue weighted by atomic mass is 10.1. The van der Waals surface area contributed by atoms with Crippen molar-refractivity contribution in [3.8, 4) is 11.5 Å². The van der Waals surface area contributed by atoms with E-state index >= 15 is 0 Å². The smallest absolute Gasteiger partial charge is 0.220 e. The predicted octanol–water partition coefficient (Wildman–Crippen LogP) is 2.76. The van der Waals surface area contributed by atoms with Gasteiger partial charge >= 0.3 is 0 Å². The van der Waals surface area contributed by atoms with Crippen LogP contribution in [0.4, 0.5) is 0 Å². The quantitative estimate of drug-likeness (QED) is 0.879. The molecule has 0 bridgehead atoms.